The fourth-order valence-electron chi connectivity index (χ4n) is 4.39. The summed E-state index contributed by atoms with van der Waals surface area (Å²) in [7, 11) is 0. The van der Waals surface area contributed by atoms with E-state index in [-0.39, 0.29) is 23.7 Å². The van der Waals surface area contributed by atoms with Crippen LogP contribution in [0.2, 0.25) is 0 Å². The Kier molecular flexibility index (Phi) is 5.69. The number of carbonyl (C=O) groups excluding carboxylic acids is 2. The van der Waals surface area contributed by atoms with Gasteiger partial charge < -0.3 is 4.74 Å². The number of allylic oxidation sites excluding steroid dienone is 1. The Hall–Kier alpha value is -2.49. The van der Waals surface area contributed by atoms with Gasteiger partial charge in [0.25, 0.3) is 0 Å². The van der Waals surface area contributed by atoms with Crippen LogP contribution >= 0.6 is 0 Å². The second-order valence-corrected chi connectivity index (χ2v) is 8.52. The molecule has 4 heteroatoms. The van der Waals surface area contributed by atoms with Crippen LogP contribution < -0.4 is 0 Å². The molecule has 0 N–H and O–H groups in total. The van der Waals surface area contributed by atoms with E-state index in [2.05, 4.69) is 39.5 Å². The number of aliphatic imine (C=N–C) groups is 1. The van der Waals surface area contributed by atoms with E-state index in [1.54, 1.807) is 6.08 Å². The van der Waals surface area contributed by atoms with Gasteiger partial charge in [-0.2, -0.15) is 0 Å². The number of hydrogen-bond acceptors (Lipinski definition) is 4. The van der Waals surface area contributed by atoms with Gasteiger partial charge >= 0.3 is 5.97 Å². The maximum atomic E-state index is 13.2. The summed E-state index contributed by atoms with van der Waals surface area (Å²) in [5.41, 5.74) is 4.12. The first-order chi connectivity index (χ1) is 13.3. The summed E-state index contributed by atoms with van der Waals surface area (Å²) in [6, 6.07) is 8.21. The van der Waals surface area contributed by atoms with Crippen LogP contribution in [0.4, 0.5) is 0 Å². The van der Waals surface area contributed by atoms with Gasteiger partial charge in [0.15, 0.2) is 0 Å². The van der Waals surface area contributed by atoms with E-state index in [1.807, 2.05) is 19.1 Å². The molecule has 1 aliphatic heterocycles. The molecule has 0 amide bonds. The molecular formula is C24H29NO3. The van der Waals surface area contributed by atoms with Gasteiger partial charge in [0, 0.05) is 23.7 Å². The zero-order valence-corrected chi connectivity index (χ0v) is 17.2. The van der Waals surface area contributed by atoms with Gasteiger partial charge in [-0.25, -0.2) is 4.79 Å². The number of ether oxygens (including phenoxy) is 1. The molecule has 0 radical (unpaired) electrons. The van der Waals surface area contributed by atoms with Gasteiger partial charge in [-0.3, -0.25) is 9.79 Å². The van der Waals surface area contributed by atoms with Crippen molar-refractivity contribution in [3.05, 3.63) is 59.3 Å². The molecular weight excluding hydrogens is 350 g/mol. The predicted molar refractivity (Wildman–Crippen MR) is 111 cm³/mol. The molecule has 1 heterocycles. The minimum absolute atomic E-state index is 0.107. The Labute approximate surface area is 167 Å². The van der Waals surface area contributed by atoms with E-state index < -0.39 is 11.9 Å². The highest BCUT2D eigenvalue weighted by molar-refractivity contribution is 6.12. The van der Waals surface area contributed by atoms with Crippen LogP contribution in [0.15, 0.2) is 53.2 Å². The van der Waals surface area contributed by atoms with Gasteiger partial charge in [-0.05, 0) is 36.3 Å². The monoisotopic (exact) mass is 379 g/mol. The second kappa shape index (κ2) is 7.86. The molecule has 0 spiro atoms. The third-order valence-electron chi connectivity index (χ3n) is 5.66. The van der Waals surface area contributed by atoms with Crippen molar-refractivity contribution in [3.8, 4) is 0 Å². The molecule has 0 aromatic heterocycles. The van der Waals surface area contributed by atoms with Gasteiger partial charge in [-0.15, -0.1) is 0 Å². The van der Waals surface area contributed by atoms with Crippen LogP contribution in [0.3, 0.4) is 0 Å². The number of fused-ring (bicyclic) bond motifs is 1. The summed E-state index contributed by atoms with van der Waals surface area (Å²) in [4.78, 5) is 30.8. The van der Waals surface area contributed by atoms with Gasteiger partial charge in [0.05, 0.1) is 11.5 Å². The minimum Gasteiger partial charge on any atom is -0.458 e. The standard InChI is InChI=1S/C24H29NO3/c1-6-12-28-23(27)20-15(3)25-18-13-24(4,5)14-19(26)22(18)21(20)17-10-8-16(7-2)9-11-17/h6,8-11,21-22H,1,7,12-14H2,2-5H3/t21-,22?/m0/s1. The molecule has 1 aromatic rings. The Morgan fingerprint density at radius 1 is 1.25 bits per heavy atom. The van der Waals surface area contributed by atoms with Crippen LogP contribution in [0.5, 0.6) is 0 Å². The summed E-state index contributed by atoms with van der Waals surface area (Å²) >= 11 is 0. The van der Waals surface area contributed by atoms with Crippen molar-refractivity contribution in [2.45, 2.75) is 52.9 Å². The highest BCUT2D eigenvalue weighted by Crippen LogP contribution is 2.46. The zero-order chi connectivity index (χ0) is 20.5. The molecule has 0 bridgehead atoms. The predicted octanol–water partition coefficient (Wildman–Crippen LogP) is 4.80. The first-order valence-corrected chi connectivity index (χ1v) is 9.95. The van der Waals surface area contributed by atoms with Crippen molar-refractivity contribution in [3.63, 3.8) is 0 Å². The Morgan fingerprint density at radius 2 is 1.93 bits per heavy atom. The average Bonchev–Trinajstić information content (AvgIpc) is 2.64. The molecule has 1 unspecified atom stereocenters. The fourth-order valence-corrected chi connectivity index (χ4v) is 4.39. The van der Waals surface area contributed by atoms with Crippen LogP contribution in [-0.4, -0.2) is 24.1 Å². The smallest absolute Gasteiger partial charge is 0.336 e. The number of aryl methyl sites for hydroxylation is 1. The topological polar surface area (TPSA) is 55.7 Å². The molecule has 2 atom stereocenters. The number of ketones is 1. The van der Waals surface area contributed by atoms with E-state index in [0.29, 0.717) is 17.7 Å². The Bertz CT molecular complexity index is 858. The number of carbonyl (C=O) groups is 2. The molecule has 2 aliphatic rings. The second-order valence-electron chi connectivity index (χ2n) is 8.52. The number of Topliss-reactive ketones (excluding diaryl/α,β-unsaturated/α-hetero) is 1. The lowest BCUT2D eigenvalue weighted by molar-refractivity contribution is -0.138. The molecule has 1 aliphatic carbocycles. The summed E-state index contributed by atoms with van der Waals surface area (Å²) in [6.45, 7) is 11.9. The SMILES string of the molecule is C=CCOC(=O)C1=C(C)N=C2CC(C)(C)CC(=O)C2[C@H]1c1ccc(CC)cc1. The quantitative estimate of drug-likeness (QED) is 0.546. The summed E-state index contributed by atoms with van der Waals surface area (Å²) < 4.78 is 5.36. The average molecular weight is 380 g/mol. The van der Waals surface area contributed by atoms with Crippen LogP contribution in [-0.2, 0) is 20.7 Å². The van der Waals surface area contributed by atoms with Crippen molar-refractivity contribution in [2.24, 2.45) is 16.3 Å². The van der Waals surface area contributed by atoms with Crippen LogP contribution in [0.1, 0.15) is 57.6 Å². The maximum Gasteiger partial charge on any atom is 0.336 e. The maximum absolute atomic E-state index is 13.2. The molecule has 28 heavy (non-hydrogen) atoms. The van der Waals surface area contributed by atoms with Crippen molar-refractivity contribution in [1.29, 1.82) is 0 Å². The van der Waals surface area contributed by atoms with Gasteiger partial charge in [0.2, 0.25) is 0 Å². The normalized spacial score (nSPS) is 23.7. The van der Waals surface area contributed by atoms with Crippen molar-refractivity contribution in [1.82, 2.24) is 0 Å². The van der Waals surface area contributed by atoms with Crippen LogP contribution in [0.25, 0.3) is 0 Å². The molecule has 1 fully saturated rings. The van der Waals surface area contributed by atoms with E-state index >= 15 is 0 Å². The molecule has 1 saturated carbocycles. The molecule has 3 rings (SSSR count). The highest BCUT2D eigenvalue weighted by atomic mass is 16.5. The summed E-state index contributed by atoms with van der Waals surface area (Å²) in [6.07, 6.45) is 3.75. The van der Waals surface area contributed by atoms with Gasteiger partial charge in [0.1, 0.15) is 12.4 Å². The lowest BCUT2D eigenvalue weighted by atomic mass is 9.63. The highest BCUT2D eigenvalue weighted by Gasteiger charge is 2.47. The largest absolute Gasteiger partial charge is 0.458 e. The van der Waals surface area contributed by atoms with E-state index in [4.69, 9.17) is 9.73 Å². The number of benzene rings is 1. The first-order valence-electron chi connectivity index (χ1n) is 9.95. The molecule has 4 nitrogen and oxygen atoms in total. The molecule has 148 valence electrons. The zero-order valence-electron chi connectivity index (χ0n) is 17.2. The number of nitrogens with zero attached hydrogens (tertiary/aromatic N) is 1. The van der Waals surface area contributed by atoms with E-state index in [1.165, 1.54) is 5.56 Å². The fraction of sp³-hybridized carbons (Fsp3) is 0.458. The Morgan fingerprint density at radius 3 is 2.54 bits per heavy atom. The number of esters is 1. The summed E-state index contributed by atoms with van der Waals surface area (Å²) in [5.74, 6) is -1.00. The van der Waals surface area contributed by atoms with Gasteiger partial charge in [-0.1, -0.05) is 57.7 Å². The van der Waals surface area contributed by atoms with Crippen molar-refractivity contribution in [2.75, 3.05) is 6.61 Å². The lowest BCUT2D eigenvalue weighted by Gasteiger charge is -2.41. The lowest BCUT2D eigenvalue weighted by Crippen LogP contribution is -2.44. The third kappa shape index (κ3) is 3.87. The molecule has 0 saturated heterocycles. The third-order valence-corrected chi connectivity index (χ3v) is 5.66. The number of rotatable bonds is 5. The van der Waals surface area contributed by atoms with Crippen LogP contribution in [0, 0.1) is 11.3 Å². The number of hydrogen-bond donors (Lipinski definition) is 0. The van der Waals surface area contributed by atoms with E-state index in [9.17, 15) is 9.59 Å². The Balaban J connectivity index is 2.12. The van der Waals surface area contributed by atoms with E-state index in [0.717, 1.165) is 24.1 Å². The minimum atomic E-state index is -0.414. The summed E-state index contributed by atoms with van der Waals surface area (Å²) in [5, 5.41) is 0. The molecule has 1 aromatic carbocycles. The first kappa shape index (κ1) is 20.2. The van der Waals surface area contributed by atoms with Crippen molar-refractivity contribution < 1.29 is 14.3 Å². The van der Waals surface area contributed by atoms with Crippen molar-refractivity contribution >= 4 is 17.5 Å².